The minimum absolute atomic E-state index is 0.549. The summed E-state index contributed by atoms with van der Waals surface area (Å²) in [4.78, 5) is 8.18. The number of nitrogens with one attached hydrogen (secondary N) is 1. The highest BCUT2D eigenvalue weighted by Gasteiger charge is 2.23. The number of likely N-dealkylation sites (tertiary alicyclic amines) is 1. The number of hydrogen-bond acceptors (Lipinski definition) is 4. The average molecular weight is 253 g/mol. The average Bonchev–Trinajstić information content (AvgIpc) is 2.90. The summed E-state index contributed by atoms with van der Waals surface area (Å²) in [6.07, 6.45) is 6.05. The zero-order chi connectivity index (χ0) is 12.1. The molecule has 0 radical (unpaired) electrons. The standard InChI is InChI=1S/C13H23N3S/c1-11(13-9-15-10-17-13)16-7-4-12(5-8-16)3-6-14-2/h9-12,14H,3-8H2,1-2H3. The highest BCUT2D eigenvalue weighted by molar-refractivity contribution is 7.09. The number of hydrogen-bond donors (Lipinski definition) is 1. The van der Waals surface area contributed by atoms with Gasteiger partial charge in [0, 0.05) is 17.1 Å². The minimum atomic E-state index is 0.549. The fourth-order valence-electron chi connectivity index (χ4n) is 2.59. The van der Waals surface area contributed by atoms with Crippen LogP contribution in [-0.4, -0.2) is 36.6 Å². The number of piperidine rings is 1. The predicted molar refractivity (Wildman–Crippen MR) is 73.4 cm³/mol. The molecule has 1 atom stereocenters. The van der Waals surface area contributed by atoms with Crippen LogP contribution in [0.2, 0.25) is 0 Å². The summed E-state index contributed by atoms with van der Waals surface area (Å²) in [6, 6.07) is 0.549. The van der Waals surface area contributed by atoms with E-state index in [0.717, 1.165) is 12.5 Å². The molecule has 96 valence electrons. The first-order valence-electron chi connectivity index (χ1n) is 6.58. The summed E-state index contributed by atoms with van der Waals surface area (Å²) in [5, 5.41) is 3.25. The Labute approximate surface area is 108 Å². The molecule has 1 aromatic rings. The zero-order valence-corrected chi connectivity index (χ0v) is 11.7. The minimum Gasteiger partial charge on any atom is -0.320 e. The van der Waals surface area contributed by atoms with Crippen LogP contribution in [0.4, 0.5) is 0 Å². The second kappa shape index (κ2) is 6.47. The highest BCUT2D eigenvalue weighted by Crippen LogP contribution is 2.29. The van der Waals surface area contributed by atoms with Gasteiger partial charge in [-0.3, -0.25) is 9.88 Å². The molecule has 2 rings (SSSR count). The molecule has 1 saturated heterocycles. The lowest BCUT2D eigenvalue weighted by molar-refractivity contribution is 0.139. The van der Waals surface area contributed by atoms with Gasteiger partial charge in [0.25, 0.3) is 0 Å². The third-order valence-electron chi connectivity index (χ3n) is 3.86. The number of rotatable bonds is 5. The van der Waals surface area contributed by atoms with Gasteiger partial charge >= 0.3 is 0 Å². The van der Waals surface area contributed by atoms with E-state index in [1.165, 1.54) is 37.2 Å². The van der Waals surface area contributed by atoms with Crippen LogP contribution in [0.15, 0.2) is 11.7 Å². The Bertz CT molecular complexity index is 304. The molecule has 1 aromatic heterocycles. The maximum atomic E-state index is 4.18. The molecule has 1 fully saturated rings. The van der Waals surface area contributed by atoms with E-state index in [0.29, 0.717) is 6.04 Å². The molecule has 0 saturated carbocycles. The van der Waals surface area contributed by atoms with Crippen molar-refractivity contribution in [1.82, 2.24) is 15.2 Å². The first kappa shape index (κ1) is 13.0. The maximum Gasteiger partial charge on any atom is 0.0794 e. The van der Waals surface area contributed by atoms with E-state index in [1.54, 1.807) is 11.3 Å². The van der Waals surface area contributed by atoms with Crippen molar-refractivity contribution in [3.05, 3.63) is 16.6 Å². The first-order valence-corrected chi connectivity index (χ1v) is 7.46. The van der Waals surface area contributed by atoms with Crippen LogP contribution in [0.25, 0.3) is 0 Å². The van der Waals surface area contributed by atoms with Crippen molar-refractivity contribution in [3.63, 3.8) is 0 Å². The lowest BCUT2D eigenvalue weighted by atomic mass is 9.93. The van der Waals surface area contributed by atoms with Gasteiger partial charge in [0.15, 0.2) is 0 Å². The Kier molecular flexibility index (Phi) is 4.95. The Hall–Kier alpha value is -0.450. The summed E-state index contributed by atoms with van der Waals surface area (Å²) < 4.78 is 0. The molecule has 1 aliphatic rings. The fourth-order valence-corrected chi connectivity index (χ4v) is 3.30. The van der Waals surface area contributed by atoms with E-state index < -0.39 is 0 Å². The van der Waals surface area contributed by atoms with Crippen LogP contribution in [0, 0.1) is 5.92 Å². The molecule has 17 heavy (non-hydrogen) atoms. The maximum absolute atomic E-state index is 4.18. The molecule has 0 aliphatic carbocycles. The normalized spacial score (nSPS) is 20.6. The van der Waals surface area contributed by atoms with E-state index in [9.17, 15) is 0 Å². The van der Waals surface area contributed by atoms with Gasteiger partial charge in [-0.1, -0.05) is 0 Å². The van der Waals surface area contributed by atoms with Crippen LogP contribution >= 0.6 is 11.3 Å². The lowest BCUT2D eigenvalue weighted by Crippen LogP contribution is -2.36. The predicted octanol–water partition coefficient (Wildman–Crippen LogP) is 2.53. The molecule has 1 aliphatic heterocycles. The van der Waals surface area contributed by atoms with Gasteiger partial charge in [-0.25, -0.2) is 0 Å². The van der Waals surface area contributed by atoms with Gasteiger partial charge in [0.2, 0.25) is 0 Å². The summed E-state index contributed by atoms with van der Waals surface area (Å²) in [6.45, 7) is 5.96. The second-order valence-electron chi connectivity index (χ2n) is 4.95. The monoisotopic (exact) mass is 253 g/mol. The number of aromatic nitrogens is 1. The van der Waals surface area contributed by atoms with Crippen molar-refractivity contribution in [2.75, 3.05) is 26.7 Å². The molecule has 1 N–H and O–H groups in total. The molecule has 0 bridgehead atoms. The third kappa shape index (κ3) is 3.50. The van der Waals surface area contributed by atoms with Crippen molar-refractivity contribution in [1.29, 1.82) is 0 Å². The van der Waals surface area contributed by atoms with Crippen LogP contribution < -0.4 is 5.32 Å². The highest BCUT2D eigenvalue weighted by atomic mass is 32.1. The molecule has 2 heterocycles. The van der Waals surface area contributed by atoms with Crippen LogP contribution in [0.3, 0.4) is 0 Å². The first-order chi connectivity index (χ1) is 8.31. The van der Waals surface area contributed by atoms with Crippen LogP contribution in [0.5, 0.6) is 0 Å². The summed E-state index contributed by atoms with van der Waals surface area (Å²) in [7, 11) is 2.04. The van der Waals surface area contributed by atoms with Crippen molar-refractivity contribution < 1.29 is 0 Å². The van der Waals surface area contributed by atoms with Gasteiger partial charge in [-0.15, -0.1) is 11.3 Å². The van der Waals surface area contributed by atoms with Crippen molar-refractivity contribution in [2.45, 2.75) is 32.2 Å². The Morgan fingerprint density at radius 2 is 2.29 bits per heavy atom. The topological polar surface area (TPSA) is 28.2 Å². The SMILES string of the molecule is CNCCC1CCN(C(C)c2cncs2)CC1. The molecule has 1 unspecified atom stereocenters. The van der Waals surface area contributed by atoms with E-state index in [1.807, 2.05) is 18.8 Å². The van der Waals surface area contributed by atoms with Gasteiger partial charge in [0.1, 0.15) is 0 Å². The van der Waals surface area contributed by atoms with E-state index in [2.05, 4.69) is 22.1 Å². The number of thiazole rings is 1. The third-order valence-corrected chi connectivity index (χ3v) is 4.81. The fraction of sp³-hybridized carbons (Fsp3) is 0.769. The van der Waals surface area contributed by atoms with Crippen molar-refractivity contribution in [3.8, 4) is 0 Å². The Morgan fingerprint density at radius 1 is 1.53 bits per heavy atom. The van der Waals surface area contributed by atoms with Gasteiger partial charge in [-0.2, -0.15) is 0 Å². The Balaban J connectivity index is 1.79. The van der Waals surface area contributed by atoms with E-state index in [-0.39, 0.29) is 0 Å². The molecular weight excluding hydrogens is 230 g/mol. The molecule has 0 spiro atoms. The quantitative estimate of drug-likeness (QED) is 0.874. The molecule has 4 heteroatoms. The van der Waals surface area contributed by atoms with E-state index >= 15 is 0 Å². The molecule has 3 nitrogen and oxygen atoms in total. The van der Waals surface area contributed by atoms with Gasteiger partial charge in [-0.05, 0) is 58.8 Å². The molecular formula is C13H23N3S. The van der Waals surface area contributed by atoms with Gasteiger partial charge in [0.05, 0.1) is 5.51 Å². The second-order valence-corrected chi connectivity index (χ2v) is 5.87. The molecule has 0 amide bonds. The van der Waals surface area contributed by atoms with Crippen LogP contribution in [-0.2, 0) is 0 Å². The van der Waals surface area contributed by atoms with Crippen molar-refractivity contribution >= 4 is 11.3 Å². The van der Waals surface area contributed by atoms with Gasteiger partial charge < -0.3 is 5.32 Å². The molecule has 0 aromatic carbocycles. The van der Waals surface area contributed by atoms with Crippen LogP contribution in [0.1, 0.15) is 37.1 Å². The summed E-state index contributed by atoms with van der Waals surface area (Å²) in [5.74, 6) is 0.923. The Morgan fingerprint density at radius 3 is 2.88 bits per heavy atom. The zero-order valence-electron chi connectivity index (χ0n) is 10.9. The van der Waals surface area contributed by atoms with E-state index in [4.69, 9.17) is 0 Å². The smallest absolute Gasteiger partial charge is 0.0794 e. The van der Waals surface area contributed by atoms with Crippen molar-refractivity contribution in [2.24, 2.45) is 5.92 Å². The summed E-state index contributed by atoms with van der Waals surface area (Å²) in [5.41, 5.74) is 1.94. The summed E-state index contributed by atoms with van der Waals surface area (Å²) >= 11 is 1.78. The largest absolute Gasteiger partial charge is 0.320 e. The number of nitrogens with zero attached hydrogens (tertiary/aromatic N) is 2. The lowest BCUT2D eigenvalue weighted by Gasteiger charge is -2.35.